The highest BCUT2D eigenvalue weighted by Crippen LogP contribution is 2.20. The fraction of sp³-hybridized carbons (Fsp3) is 0.500. The zero-order chi connectivity index (χ0) is 10.5. The number of benzene rings is 1. The summed E-state index contributed by atoms with van der Waals surface area (Å²) in [4.78, 5) is 0. The molecule has 81 valence electrons. The third-order valence-corrected chi connectivity index (χ3v) is 5.13. The summed E-state index contributed by atoms with van der Waals surface area (Å²) in [5.74, 6) is 0. The summed E-state index contributed by atoms with van der Waals surface area (Å²) in [5, 5.41) is 3.25. The van der Waals surface area contributed by atoms with Gasteiger partial charge in [-0.2, -0.15) is 0 Å². The van der Waals surface area contributed by atoms with Gasteiger partial charge in [0.05, 0.1) is 0 Å². The normalized spacial score (nSPS) is 17.7. The summed E-state index contributed by atoms with van der Waals surface area (Å²) in [7, 11) is 1.41. The van der Waals surface area contributed by atoms with Crippen LogP contribution in [0.25, 0.3) is 0 Å². The van der Waals surface area contributed by atoms with Crippen molar-refractivity contribution in [2.75, 3.05) is 19.0 Å². The van der Waals surface area contributed by atoms with Crippen molar-refractivity contribution < 1.29 is 4.43 Å². The quantitative estimate of drug-likeness (QED) is 0.791. The second-order valence-electron chi connectivity index (χ2n) is 3.93. The Hall–Kier alpha value is -0.803. The minimum Gasteiger partial charge on any atom is -0.416 e. The Morgan fingerprint density at radius 1 is 1.33 bits per heavy atom. The third kappa shape index (κ3) is 2.83. The molecule has 15 heavy (non-hydrogen) atoms. The van der Waals surface area contributed by atoms with E-state index < -0.39 is 9.04 Å². The average Bonchev–Trinajstić information content (AvgIpc) is 2.31. The first-order chi connectivity index (χ1) is 7.40. The molecule has 0 aromatic heterocycles. The van der Waals surface area contributed by atoms with E-state index in [1.54, 1.807) is 0 Å². The summed E-state index contributed by atoms with van der Waals surface area (Å²) >= 11 is 0. The first kappa shape index (κ1) is 10.7. The summed E-state index contributed by atoms with van der Waals surface area (Å²) in [5.41, 5.74) is 2.67. The van der Waals surface area contributed by atoms with Gasteiger partial charge in [0.25, 0.3) is 0 Å². The molecule has 2 rings (SSSR count). The van der Waals surface area contributed by atoms with Gasteiger partial charge in [0.15, 0.2) is 0 Å². The maximum Gasteiger partial charge on any atom is 0.215 e. The highest BCUT2D eigenvalue weighted by molar-refractivity contribution is 6.51. The molecular weight excluding hydrogens is 202 g/mol. The van der Waals surface area contributed by atoms with E-state index in [2.05, 4.69) is 29.6 Å². The van der Waals surface area contributed by atoms with Gasteiger partial charge >= 0.3 is 0 Å². The van der Waals surface area contributed by atoms with E-state index in [4.69, 9.17) is 4.43 Å². The van der Waals surface area contributed by atoms with Crippen LogP contribution in [-0.2, 0) is 10.5 Å². The molecule has 2 nitrogen and oxygen atoms in total. The van der Waals surface area contributed by atoms with E-state index in [1.165, 1.54) is 30.1 Å². The predicted molar refractivity (Wildman–Crippen MR) is 65.4 cm³/mol. The van der Waals surface area contributed by atoms with Gasteiger partial charge in [0.2, 0.25) is 9.04 Å². The van der Waals surface area contributed by atoms with Crippen molar-refractivity contribution in [1.82, 2.24) is 0 Å². The Morgan fingerprint density at radius 3 is 2.93 bits per heavy atom. The van der Waals surface area contributed by atoms with Crippen molar-refractivity contribution in [3.8, 4) is 0 Å². The molecule has 1 radical (unpaired) electrons. The fourth-order valence-electron chi connectivity index (χ4n) is 1.98. The van der Waals surface area contributed by atoms with Crippen LogP contribution >= 0.6 is 0 Å². The largest absolute Gasteiger partial charge is 0.416 e. The monoisotopic (exact) mass is 220 g/mol. The standard InChI is InChI=1S/C12H18NOSi/c1-13-12-7-3-2-6-11(12)10-15-9-5-4-8-14-15/h2-3,6-7,13H,4-5,8-10H2,1H3. The zero-order valence-electron chi connectivity index (χ0n) is 9.25. The van der Waals surface area contributed by atoms with Crippen LogP contribution in [0.3, 0.4) is 0 Å². The molecule has 0 bridgehead atoms. The zero-order valence-corrected chi connectivity index (χ0v) is 10.3. The topological polar surface area (TPSA) is 21.3 Å². The van der Waals surface area contributed by atoms with Gasteiger partial charge in [-0.25, -0.2) is 0 Å². The van der Waals surface area contributed by atoms with Crippen LogP contribution < -0.4 is 5.32 Å². The minimum absolute atomic E-state index is 0.572. The van der Waals surface area contributed by atoms with E-state index >= 15 is 0 Å². The van der Waals surface area contributed by atoms with Crippen LogP contribution in [0.1, 0.15) is 18.4 Å². The van der Waals surface area contributed by atoms with Crippen LogP contribution in [-0.4, -0.2) is 22.7 Å². The smallest absolute Gasteiger partial charge is 0.215 e. The van der Waals surface area contributed by atoms with Gasteiger partial charge in [-0.15, -0.1) is 0 Å². The summed E-state index contributed by atoms with van der Waals surface area (Å²) in [6, 6.07) is 11.0. The molecule has 0 amide bonds. The molecule has 1 aliphatic heterocycles. The van der Waals surface area contributed by atoms with Crippen molar-refractivity contribution in [3.05, 3.63) is 29.8 Å². The Morgan fingerprint density at radius 2 is 2.20 bits per heavy atom. The summed E-state index contributed by atoms with van der Waals surface area (Å²) in [6.45, 7) is 0.982. The lowest BCUT2D eigenvalue weighted by Crippen LogP contribution is -2.26. The van der Waals surface area contributed by atoms with Gasteiger partial charge in [-0.05, 0) is 30.1 Å². The number of nitrogens with one attached hydrogen (secondary N) is 1. The lowest BCUT2D eigenvalue weighted by atomic mass is 10.2. The van der Waals surface area contributed by atoms with Crippen molar-refractivity contribution in [1.29, 1.82) is 0 Å². The van der Waals surface area contributed by atoms with E-state index in [-0.39, 0.29) is 0 Å². The first-order valence-electron chi connectivity index (χ1n) is 5.63. The maximum atomic E-state index is 5.86. The molecule has 0 aliphatic carbocycles. The number of anilines is 1. The fourth-order valence-corrected chi connectivity index (χ4v) is 4.22. The van der Waals surface area contributed by atoms with Crippen LogP contribution in [0.5, 0.6) is 0 Å². The summed E-state index contributed by atoms with van der Waals surface area (Å²) in [6.07, 6.45) is 2.61. The first-order valence-corrected chi connectivity index (χ1v) is 7.45. The molecule has 1 saturated heterocycles. The van der Waals surface area contributed by atoms with E-state index in [1.807, 2.05) is 7.05 Å². The second kappa shape index (κ2) is 5.33. The van der Waals surface area contributed by atoms with Gasteiger partial charge in [-0.3, -0.25) is 0 Å². The van der Waals surface area contributed by atoms with Crippen LogP contribution in [0.2, 0.25) is 6.04 Å². The van der Waals surface area contributed by atoms with Crippen molar-refractivity contribution >= 4 is 14.7 Å². The molecule has 1 aromatic rings. The highest BCUT2D eigenvalue weighted by atomic mass is 28.3. The van der Waals surface area contributed by atoms with E-state index in [0.29, 0.717) is 0 Å². The molecular formula is C12H18NOSi. The average molecular weight is 220 g/mol. The molecule has 1 aliphatic rings. The van der Waals surface area contributed by atoms with Crippen molar-refractivity contribution in [2.45, 2.75) is 24.9 Å². The molecule has 1 N–H and O–H groups in total. The number of para-hydroxylation sites is 1. The molecule has 3 heteroatoms. The molecule has 1 aromatic carbocycles. The van der Waals surface area contributed by atoms with Crippen LogP contribution in [0, 0.1) is 0 Å². The van der Waals surface area contributed by atoms with Crippen molar-refractivity contribution in [2.24, 2.45) is 0 Å². The Bertz CT molecular complexity index is 310. The highest BCUT2D eigenvalue weighted by Gasteiger charge is 2.18. The number of hydrogen-bond acceptors (Lipinski definition) is 2. The SMILES string of the molecule is CNc1ccccc1C[Si]1CCCCO1. The third-order valence-electron chi connectivity index (χ3n) is 2.83. The lowest BCUT2D eigenvalue weighted by Gasteiger charge is -2.21. The number of rotatable bonds is 3. The Balaban J connectivity index is 2.02. The van der Waals surface area contributed by atoms with Gasteiger partial charge < -0.3 is 9.74 Å². The van der Waals surface area contributed by atoms with E-state index in [0.717, 1.165) is 12.7 Å². The van der Waals surface area contributed by atoms with E-state index in [9.17, 15) is 0 Å². The summed E-state index contributed by atoms with van der Waals surface area (Å²) < 4.78 is 5.86. The molecule has 0 atom stereocenters. The minimum atomic E-state index is -0.572. The maximum absolute atomic E-state index is 5.86. The van der Waals surface area contributed by atoms with Gasteiger partial charge in [0.1, 0.15) is 0 Å². The lowest BCUT2D eigenvalue weighted by molar-refractivity contribution is 0.286. The Labute approximate surface area is 93.4 Å². The van der Waals surface area contributed by atoms with Gasteiger partial charge in [0, 0.05) is 19.3 Å². The van der Waals surface area contributed by atoms with Crippen LogP contribution in [0.4, 0.5) is 5.69 Å². The van der Waals surface area contributed by atoms with Crippen molar-refractivity contribution in [3.63, 3.8) is 0 Å². The molecule has 0 spiro atoms. The Kier molecular flexibility index (Phi) is 3.80. The molecule has 1 heterocycles. The number of hydrogen-bond donors (Lipinski definition) is 1. The molecule has 0 saturated carbocycles. The van der Waals surface area contributed by atoms with Gasteiger partial charge in [-0.1, -0.05) is 24.6 Å². The molecule has 1 fully saturated rings. The molecule has 0 unspecified atom stereocenters. The predicted octanol–water partition coefficient (Wildman–Crippen LogP) is 2.61. The van der Waals surface area contributed by atoms with Crippen LogP contribution in [0.15, 0.2) is 24.3 Å². The second-order valence-corrected chi connectivity index (χ2v) is 6.15.